The van der Waals surface area contributed by atoms with Crippen molar-refractivity contribution in [3.8, 4) is 22.4 Å². The largest absolute Gasteiger partial charge is 0.448 e. The minimum Gasteiger partial charge on any atom is -0.448 e. The fraction of sp³-hybridized carbons (Fsp3) is 0.162. The van der Waals surface area contributed by atoms with E-state index in [0.29, 0.717) is 43.8 Å². The maximum Gasteiger partial charge on any atom is 0.411 e. The first-order valence-electron chi connectivity index (χ1n) is 15.0. The van der Waals surface area contributed by atoms with Crippen molar-refractivity contribution in [1.29, 1.82) is 0 Å². The minimum atomic E-state index is -0.531. The van der Waals surface area contributed by atoms with Gasteiger partial charge in [-0.15, -0.1) is 0 Å². The SMILES string of the molecule is O=C(Nc1cc2cc(c1)Nc1nccc(n1)-c1cccc(c1)COC/C=C/COC2)OCC1c2ccccc2-c2ccccc21. The van der Waals surface area contributed by atoms with Crippen molar-refractivity contribution >= 4 is 23.4 Å². The normalized spacial score (nSPS) is 15.0. The smallest absolute Gasteiger partial charge is 0.411 e. The molecular weight excluding hydrogens is 564 g/mol. The van der Waals surface area contributed by atoms with Crippen LogP contribution in [0.3, 0.4) is 0 Å². The summed E-state index contributed by atoms with van der Waals surface area (Å²) in [4.78, 5) is 22.3. The number of aromatic nitrogens is 2. The minimum absolute atomic E-state index is 0.0241. The number of amides is 1. The molecule has 0 radical (unpaired) electrons. The first-order valence-corrected chi connectivity index (χ1v) is 15.0. The number of rotatable bonds is 3. The second-order valence-corrected chi connectivity index (χ2v) is 11.0. The van der Waals surface area contributed by atoms with E-state index in [1.54, 1.807) is 6.20 Å². The summed E-state index contributed by atoms with van der Waals surface area (Å²) in [6.07, 6.45) is 5.08. The fourth-order valence-electron chi connectivity index (χ4n) is 5.83. The lowest BCUT2D eigenvalue weighted by Gasteiger charge is -2.16. The van der Waals surface area contributed by atoms with Crippen molar-refractivity contribution in [2.24, 2.45) is 0 Å². The highest BCUT2D eigenvalue weighted by Crippen LogP contribution is 2.44. The first kappa shape index (κ1) is 28.5. The van der Waals surface area contributed by atoms with Gasteiger partial charge in [0.25, 0.3) is 0 Å². The molecule has 2 N–H and O–H groups in total. The number of nitrogens with one attached hydrogen (secondary N) is 2. The van der Waals surface area contributed by atoms with E-state index >= 15 is 0 Å². The molecule has 4 aromatic carbocycles. The molecule has 224 valence electrons. The average Bonchev–Trinajstić information content (AvgIpc) is 3.38. The van der Waals surface area contributed by atoms with Gasteiger partial charge in [0.15, 0.2) is 0 Å². The van der Waals surface area contributed by atoms with Crippen LogP contribution >= 0.6 is 0 Å². The van der Waals surface area contributed by atoms with Gasteiger partial charge in [-0.1, -0.05) is 78.9 Å². The maximum atomic E-state index is 13.1. The van der Waals surface area contributed by atoms with Crippen LogP contribution in [0.15, 0.2) is 115 Å². The number of nitrogens with zero attached hydrogens (tertiary/aromatic N) is 2. The molecule has 0 atom stereocenters. The van der Waals surface area contributed by atoms with Gasteiger partial charge in [0.2, 0.25) is 5.95 Å². The number of anilines is 3. The topological polar surface area (TPSA) is 94.6 Å². The van der Waals surface area contributed by atoms with E-state index in [2.05, 4.69) is 45.9 Å². The Hall–Kier alpha value is -5.31. The summed E-state index contributed by atoms with van der Waals surface area (Å²) in [7, 11) is 0. The predicted octanol–water partition coefficient (Wildman–Crippen LogP) is 7.85. The zero-order valence-corrected chi connectivity index (χ0v) is 24.6. The van der Waals surface area contributed by atoms with Crippen LogP contribution in [-0.2, 0) is 27.4 Å². The summed E-state index contributed by atoms with van der Waals surface area (Å²) in [6, 6.07) is 32.2. The molecule has 1 aromatic heterocycles. The Morgan fingerprint density at radius 2 is 1.56 bits per heavy atom. The summed E-state index contributed by atoms with van der Waals surface area (Å²) in [5.74, 6) is 0.410. The predicted molar refractivity (Wildman–Crippen MR) is 174 cm³/mol. The van der Waals surface area contributed by atoms with Crippen molar-refractivity contribution in [1.82, 2.24) is 9.97 Å². The molecule has 0 saturated carbocycles. The Morgan fingerprint density at radius 3 is 2.33 bits per heavy atom. The van der Waals surface area contributed by atoms with Crippen molar-refractivity contribution in [3.63, 3.8) is 0 Å². The van der Waals surface area contributed by atoms with Gasteiger partial charge < -0.3 is 19.5 Å². The number of carbonyl (C=O) groups is 1. The van der Waals surface area contributed by atoms with Crippen LogP contribution in [0.1, 0.15) is 28.2 Å². The zero-order valence-electron chi connectivity index (χ0n) is 24.6. The van der Waals surface area contributed by atoms with E-state index in [9.17, 15) is 4.79 Å². The van der Waals surface area contributed by atoms with Crippen LogP contribution < -0.4 is 10.6 Å². The molecule has 8 heteroatoms. The Bertz CT molecular complexity index is 1830. The third-order valence-corrected chi connectivity index (χ3v) is 7.85. The molecule has 1 aliphatic carbocycles. The van der Waals surface area contributed by atoms with Crippen LogP contribution in [0.5, 0.6) is 0 Å². The zero-order chi connectivity index (χ0) is 30.4. The molecule has 5 aromatic rings. The highest BCUT2D eigenvalue weighted by molar-refractivity contribution is 5.86. The number of hydrogen-bond donors (Lipinski definition) is 2. The highest BCUT2D eigenvalue weighted by Gasteiger charge is 2.29. The standard InChI is InChI=1S/C37H32N4O4/c42-37(45-24-34-32-12-3-1-10-30(32)31-11-2-4-13-33(31)34)40-29-20-26-19-28(21-29)39-36-38-15-14-35(41-36)27-9-7-8-25(18-27)22-43-16-5-6-17-44-23-26/h1-15,18-21,34H,16-17,22-24H2,(H,40,42)(H,38,39,41)/b6-5+. The number of ether oxygens (including phenoxy) is 3. The lowest BCUT2D eigenvalue weighted by Crippen LogP contribution is -2.18. The summed E-state index contributed by atoms with van der Waals surface area (Å²) >= 11 is 0. The summed E-state index contributed by atoms with van der Waals surface area (Å²) in [5, 5.41) is 6.21. The van der Waals surface area contributed by atoms with E-state index < -0.39 is 6.09 Å². The van der Waals surface area contributed by atoms with Crippen LogP contribution in [0.25, 0.3) is 22.4 Å². The third kappa shape index (κ3) is 6.62. The van der Waals surface area contributed by atoms with Gasteiger partial charge in [-0.3, -0.25) is 5.32 Å². The molecule has 7 rings (SSSR count). The van der Waals surface area contributed by atoms with E-state index in [4.69, 9.17) is 19.2 Å². The molecule has 1 amide bonds. The van der Waals surface area contributed by atoms with Crippen LogP contribution in [0.2, 0.25) is 0 Å². The van der Waals surface area contributed by atoms with E-state index in [1.807, 2.05) is 78.9 Å². The molecule has 2 heterocycles. The van der Waals surface area contributed by atoms with Gasteiger partial charge in [-0.05, 0) is 63.7 Å². The number of carbonyl (C=O) groups excluding carboxylic acids is 1. The molecule has 1 aliphatic heterocycles. The van der Waals surface area contributed by atoms with Crippen LogP contribution in [-0.4, -0.2) is 35.9 Å². The molecular formula is C37H32N4O4. The van der Waals surface area contributed by atoms with Crippen LogP contribution in [0.4, 0.5) is 22.1 Å². The van der Waals surface area contributed by atoms with Crippen molar-refractivity contribution in [2.45, 2.75) is 19.1 Å². The number of fused-ring (bicyclic) bond motifs is 10. The average molecular weight is 597 g/mol. The quantitative estimate of drug-likeness (QED) is 0.205. The highest BCUT2D eigenvalue weighted by atomic mass is 16.5. The van der Waals surface area contributed by atoms with Crippen LogP contribution in [0, 0.1) is 0 Å². The Kier molecular flexibility index (Phi) is 8.31. The maximum absolute atomic E-state index is 13.1. The molecule has 0 fully saturated rings. The summed E-state index contributed by atoms with van der Waals surface area (Å²) in [5.41, 5.74) is 9.65. The summed E-state index contributed by atoms with van der Waals surface area (Å²) in [6.45, 7) is 1.98. The van der Waals surface area contributed by atoms with Crippen molar-refractivity contribution < 1.29 is 19.0 Å². The lowest BCUT2D eigenvalue weighted by atomic mass is 9.98. The van der Waals surface area contributed by atoms with E-state index in [1.165, 1.54) is 11.1 Å². The van der Waals surface area contributed by atoms with Crippen molar-refractivity contribution in [2.75, 3.05) is 30.5 Å². The van der Waals surface area contributed by atoms with Gasteiger partial charge in [-0.25, -0.2) is 14.8 Å². The monoisotopic (exact) mass is 596 g/mol. The molecule has 45 heavy (non-hydrogen) atoms. The Labute approximate surface area is 261 Å². The molecule has 2 aliphatic rings. The lowest BCUT2D eigenvalue weighted by molar-refractivity contribution is 0.140. The Morgan fingerprint density at radius 1 is 0.822 bits per heavy atom. The molecule has 6 bridgehead atoms. The second-order valence-electron chi connectivity index (χ2n) is 11.0. The Balaban J connectivity index is 1.11. The molecule has 0 unspecified atom stereocenters. The fourth-order valence-corrected chi connectivity index (χ4v) is 5.83. The number of hydrogen-bond acceptors (Lipinski definition) is 7. The van der Waals surface area contributed by atoms with Gasteiger partial charge >= 0.3 is 6.09 Å². The second kappa shape index (κ2) is 13.1. The third-order valence-electron chi connectivity index (χ3n) is 7.85. The van der Waals surface area contributed by atoms with Gasteiger partial charge in [0.1, 0.15) is 6.61 Å². The molecule has 8 nitrogen and oxygen atoms in total. The van der Waals surface area contributed by atoms with Crippen molar-refractivity contribution in [3.05, 3.63) is 138 Å². The number of benzene rings is 4. The van der Waals surface area contributed by atoms with E-state index in [0.717, 1.165) is 33.5 Å². The van der Waals surface area contributed by atoms with Gasteiger partial charge in [-0.2, -0.15) is 0 Å². The van der Waals surface area contributed by atoms with Gasteiger partial charge in [0.05, 0.1) is 32.1 Å². The molecule has 0 spiro atoms. The molecule has 0 saturated heterocycles. The summed E-state index contributed by atoms with van der Waals surface area (Å²) < 4.78 is 17.5. The van der Waals surface area contributed by atoms with Gasteiger partial charge in [0, 0.05) is 29.1 Å². The first-order chi connectivity index (χ1) is 22.2. The van der Waals surface area contributed by atoms with E-state index in [-0.39, 0.29) is 12.5 Å².